The van der Waals surface area contributed by atoms with Crippen LogP contribution in [0.2, 0.25) is 5.02 Å². The van der Waals surface area contributed by atoms with Gasteiger partial charge in [-0.3, -0.25) is 0 Å². The SMILES string of the molecule is CSc1nc2ccc(NCc3ccc(Cl)c(Br)c3)cc2s1. The summed E-state index contributed by atoms with van der Waals surface area (Å²) in [5.41, 5.74) is 3.34. The molecule has 0 aliphatic heterocycles. The molecule has 108 valence electrons. The van der Waals surface area contributed by atoms with Crippen LogP contribution in [0.15, 0.2) is 45.2 Å². The van der Waals surface area contributed by atoms with Crippen LogP contribution in [0.1, 0.15) is 5.56 Å². The second kappa shape index (κ2) is 6.57. The van der Waals surface area contributed by atoms with Crippen molar-refractivity contribution in [1.82, 2.24) is 4.98 Å². The molecule has 0 fully saturated rings. The predicted octanol–water partition coefficient (Wildman–Crippen LogP) is 6.05. The molecule has 0 atom stereocenters. The third-order valence-corrected chi connectivity index (χ3v) is 6.24. The molecule has 0 unspecified atom stereocenters. The Kier molecular flexibility index (Phi) is 4.74. The van der Waals surface area contributed by atoms with E-state index in [0.29, 0.717) is 0 Å². The maximum atomic E-state index is 6.00. The number of fused-ring (bicyclic) bond motifs is 1. The number of nitrogens with one attached hydrogen (secondary N) is 1. The molecule has 2 nitrogen and oxygen atoms in total. The highest BCUT2D eigenvalue weighted by Crippen LogP contribution is 2.30. The van der Waals surface area contributed by atoms with Crippen molar-refractivity contribution in [3.05, 3.63) is 51.5 Å². The molecule has 0 radical (unpaired) electrons. The molecule has 6 heteroatoms. The summed E-state index contributed by atoms with van der Waals surface area (Å²) in [4.78, 5) is 4.54. The fraction of sp³-hybridized carbons (Fsp3) is 0.133. The number of hydrogen-bond donors (Lipinski definition) is 1. The van der Waals surface area contributed by atoms with Gasteiger partial charge in [0.15, 0.2) is 4.34 Å². The average molecular weight is 400 g/mol. The number of nitrogens with zero attached hydrogens (tertiary/aromatic N) is 1. The molecule has 3 rings (SSSR count). The number of aromatic nitrogens is 1. The van der Waals surface area contributed by atoms with Crippen molar-refractivity contribution in [3.8, 4) is 0 Å². The summed E-state index contributed by atoms with van der Waals surface area (Å²) >= 11 is 12.9. The summed E-state index contributed by atoms with van der Waals surface area (Å²) in [5, 5.41) is 4.17. The largest absolute Gasteiger partial charge is 0.381 e. The van der Waals surface area contributed by atoms with Gasteiger partial charge in [-0.1, -0.05) is 29.4 Å². The highest BCUT2D eigenvalue weighted by atomic mass is 79.9. The van der Waals surface area contributed by atoms with Gasteiger partial charge in [-0.25, -0.2) is 4.98 Å². The van der Waals surface area contributed by atoms with Gasteiger partial charge in [0.05, 0.1) is 15.2 Å². The zero-order chi connectivity index (χ0) is 14.8. The highest BCUT2D eigenvalue weighted by Gasteiger charge is 2.04. The van der Waals surface area contributed by atoms with Crippen molar-refractivity contribution in [3.63, 3.8) is 0 Å². The van der Waals surface area contributed by atoms with Crippen LogP contribution in [-0.2, 0) is 6.54 Å². The second-order valence-electron chi connectivity index (χ2n) is 4.47. The molecule has 0 saturated carbocycles. The summed E-state index contributed by atoms with van der Waals surface area (Å²) < 4.78 is 3.23. The average Bonchev–Trinajstić information content (AvgIpc) is 2.90. The molecular weight excluding hydrogens is 388 g/mol. The smallest absolute Gasteiger partial charge is 0.150 e. The minimum Gasteiger partial charge on any atom is -0.381 e. The molecule has 0 aliphatic rings. The van der Waals surface area contributed by atoms with Crippen LogP contribution < -0.4 is 5.32 Å². The Morgan fingerprint density at radius 1 is 1.29 bits per heavy atom. The second-order valence-corrected chi connectivity index (χ2v) is 7.81. The molecule has 0 spiro atoms. The summed E-state index contributed by atoms with van der Waals surface area (Å²) in [6, 6.07) is 12.2. The van der Waals surface area contributed by atoms with Gasteiger partial charge in [0.25, 0.3) is 0 Å². The Hall–Kier alpha value is -0.750. The van der Waals surface area contributed by atoms with Crippen molar-refractivity contribution in [2.75, 3.05) is 11.6 Å². The molecule has 0 saturated heterocycles. The van der Waals surface area contributed by atoms with Crippen molar-refractivity contribution < 1.29 is 0 Å². The maximum Gasteiger partial charge on any atom is 0.150 e. The van der Waals surface area contributed by atoms with Gasteiger partial charge >= 0.3 is 0 Å². The van der Waals surface area contributed by atoms with Crippen LogP contribution in [0, 0.1) is 0 Å². The Morgan fingerprint density at radius 3 is 2.90 bits per heavy atom. The summed E-state index contributed by atoms with van der Waals surface area (Å²) in [5.74, 6) is 0. The fourth-order valence-corrected chi connectivity index (χ4v) is 4.03. The van der Waals surface area contributed by atoms with Gasteiger partial charge in [0.2, 0.25) is 0 Å². The van der Waals surface area contributed by atoms with E-state index in [0.717, 1.165) is 31.6 Å². The lowest BCUT2D eigenvalue weighted by Crippen LogP contribution is -1.99. The van der Waals surface area contributed by atoms with Gasteiger partial charge in [0, 0.05) is 16.7 Å². The normalized spacial score (nSPS) is 11.0. The monoisotopic (exact) mass is 398 g/mol. The standard InChI is InChI=1S/C15H12BrClN2S2/c1-20-15-19-13-5-3-10(7-14(13)21-15)18-8-9-2-4-12(17)11(16)6-9/h2-7,18H,8H2,1H3. The number of halogens is 2. The first-order valence-corrected chi connectivity index (χ1v) is 9.49. The lowest BCUT2D eigenvalue weighted by atomic mass is 10.2. The van der Waals surface area contributed by atoms with Gasteiger partial charge in [0.1, 0.15) is 0 Å². The first kappa shape index (κ1) is 15.2. The molecule has 1 N–H and O–H groups in total. The van der Waals surface area contributed by atoms with Crippen molar-refractivity contribution in [2.24, 2.45) is 0 Å². The van der Waals surface area contributed by atoms with E-state index in [1.165, 1.54) is 10.3 Å². The zero-order valence-electron chi connectivity index (χ0n) is 11.2. The van der Waals surface area contributed by atoms with Crippen LogP contribution in [-0.4, -0.2) is 11.2 Å². The zero-order valence-corrected chi connectivity index (χ0v) is 15.2. The van der Waals surface area contributed by atoms with E-state index in [9.17, 15) is 0 Å². The van der Waals surface area contributed by atoms with E-state index in [1.54, 1.807) is 23.1 Å². The van der Waals surface area contributed by atoms with Gasteiger partial charge in [-0.15, -0.1) is 11.3 Å². The molecule has 2 aromatic carbocycles. The summed E-state index contributed by atoms with van der Waals surface area (Å²) in [7, 11) is 0. The van der Waals surface area contributed by atoms with Crippen LogP contribution in [0.3, 0.4) is 0 Å². The van der Waals surface area contributed by atoms with Crippen molar-refractivity contribution in [1.29, 1.82) is 0 Å². The van der Waals surface area contributed by atoms with Crippen molar-refractivity contribution in [2.45, 2.75) is 10.9 Å². The molecule has 0 amide bonds. The van der Waals surface area contributed by atoms with Crippen LogP contribution in [0.5, 0.6) is 0 Å². The molecule has 0 bridgehead atoms. The van der Waals surface area contributed by atoms with Crippen LogP contribution >= 0.6 is 50.6 Å². The highest BCUT2D eigenvalue weighted by molar-refractivity contribution is 9.10. The van der Waals surface area contributed by atoms with E-state index in [-0.39, 0.29) is 0 Å². The van der Waals surface area contributed by atoms with Gasteiger partial charge in [-0.05, 0) is 58.1 Å². The number of anilines is 1. The Morgan fingerprint density at radius 2 is 2.14 bits per heavy atom. The first-order valence-electron chi connectivity index (χ1n) is 6.28. The van der Waals surface area contributed by atoms with Gasteiger partial charge in [-0.2, -0.15) is 0 Å². The van der Waals surface area contributed by atoms with Crippen molar-refractivity contribution >= 4 is 66.5 Å². The molecule has 21 heavy (non-hydrogen) atoms. The number of rotatable bonds is 4. The van der Waals surface area contributed by atoms with E-state index < -0.39 is 0 Å². The Labute approximate surface area is 145 Å². The third-order valence-electron chi connectivity index (χ3n) is 3.02. The minimum atomic E-state index is 0.731. The Bertz CT molecular complexity index is 788. The van der Waals surface area contributed by atoms with Gasteiger partial charge < -0.3 is 5.32 Å². The van der Waals surface area contributed by atoms with Crippen LogP contribution in [0.25, 0.3) is 10.2 Å². The fourth-order valence-electron chi connectivity index (χ4n) is 1.95. The number of thiazole rings is 1. The molecular formula is C15H12BrClN2S2. The summed E-state index contributed by atoms with van der Waals surface area (Å²) in [6.07, 6.45) is 2.05. The third kappa shape index (κ3) is 3.54. The maximum absolute atomic E-state index is 6.00. The number of hydrogen-bond acceptors (Lipinski definition) is 4. The first-order chi connectivity index (χ1) is 10.2. The topological polar surface area (TPSA) is 24.9 Å². The lowest BCUT2D eigenvalue weighted by Gasteiger charge is -2.07. The van der Waals surface area contributed by atoms with E-state index in [2.05, 4.69) is 50.7 Å². The number of thioether (sulfide) groups is 1. The van der Waals surface area contributed by atoms with E-state index in [1.807, 2.05) is 18.2 Å². The molecule has 0 aliphatic carbocycles. The number of benzene rings is 2. The quantitative estimate of drug-likeness (QED) is 0.541. The minimum absolute atomic E-state index is 0.731. The molecule has 3 aromatic rings. The molecule has 1 aromatic heterocycles. The van der Waals surface area contributed by atoms with E-state index >= 15 is 0 Å². The Balaban J connectivity index is 1.76. The van der Waals surface area contributed by atoms with E-state index in [4.69, 9.17) is 11.6 Å². The lowest BCUT2D eigenvalue weighted by molar-refractivity contribution is 1.15. The summed E-state index contributed by atoms with van der Waals surface area (Å²) in [6.45, 7) is 0.759. The molecule has 1 heterocycles. The predicted molar refractivity (Wildman–Crippen MR) is 97.9 cm³/mol. The van der Waals surface area contributed by atoms with Crippen LogP contribution in [0.4, 0.5) is 5.69 Å².